The van der Waals surface area contributed by atoms with Crippen molar-refractivity contribution in [1.82, 2.24) is 20.2 Å². The molecular weight excluding hydrogens is 396 g/mol. The first-order valence-corrected chi connectivity index (χ1v) is 11.4. The molecule has 1 aromatic heterocycles. The second kappa shape index (κ2) is 9.64. The molecule has 0 saturated carbocycles. The van der Waals surface area contributed by atoms with E-state index in [9.17, 15) is 4.79 Å². The minimum atomic E-state index is -0.0270. The van der Waals surface area contributed by atoms with E-state index in [2.05, 4.69) is 34.0 Å². The maximum absolute atomic E-state index is 12.4. The lowest BCUT2D eigenvalue weighted by atomic mass is 10.1. The zero-order chi connectivity index (χ0) is 20.9. The fraction of sp³-hybridized carbons (Fsp3) is 0.391. The summed E-state index contributed by atoms with van der Waals surface area (Å²) in [5.74, 6) is 0.774. The fourth-order valence-electron chi connectivity index (χ4n) is 3.80. The number of ether oxygens (including phenoxy) is 1. The van der Waals surface area contributed by atoms with Crippen molar-refractivity contribution in [2.24, 2.45) is 0 Å². The van der Waals surface area contributed by atoms with Crippen molar-refractivity contribution in [2.75, 3.05) is 26.2 Å². The Kier molecular flexibility index (Phi) is 6.72. The number of imidazole rings is 1. The average Bonchev–Trinajstić information content (AvgIpc) is 3.15. The Bertz CT molecular complexity index is 945. The summed E-state index contributed by atoms with van der Waals surface area (Å²) in [7, 11) is 0. The lowest BCUT2D eigenvalue weighted by Crippen LogP contribution is -2.47. The van der Waals surface area contributed by atoms with E-state index >= 15 is 0 Å². The van der Waals surface area contributed by atoms with Crippen molar-refractivity contribution in [2.45, 2.75) is 37.0 Å². The molecule has 4 rings (SSSR count). The largest absolute Gasteiger partial charge is 0.373 e. The van der Waals surface area contributed by atoms with Gasteiger partial charge in [0, 0.05) is 37.5 Å². The molecule has 6 nitrogen and oxygen atoms in total. The summed E-state index contributed by atoms with van der Waals surface area (Å²) in [5.41, 5.74) is 3.88. The minimum Gasteiger partial charge on any atom is -0.373 e. The molecule has 30 heavy (non-hydrogen) atoms. The molecule has 0 radical (unpaired) electrons. The molecule has 1 saturated heterocycles. The summed E-state index contributed by atoms with van der Waals surface area (Å²) in [6.07, 6.45) is 0.490. The van der Waals surface area contributed by atoms with E-state index in [1.807, 2.05) is 48.5 Å². The number of rotatable bonds is 7. The monoisotopic (exact) mass is 424 g/mol. The number of carbonyl (C=O) groups excluding carboxylic acids is 1. The normalized spacial score (nSPS) is 19.8. The van der Waals surface area contributed by atoms with Crippen LogP contribution in [0.1, 0.15) is 29.8 Å². The lowest BCUT2D eigenvalue weighted by Gasteiger charge is -2.35. The van der Waals surface area contributed by atoms with Crippen molar-refractivity contribution in [1.29, 1.82) is 0 Å². The van der Waals surface area contributed by atoms with Gasteiger partial charge in [0.25, 0.3) is 5.91 Å². The Hall–Kier alpha value is -2.35. The van der Waals surface area contributed by atoms with Gasteiger partial charge < -0.3 is 15.0 Å². The van der Waals surface area contributed by atoms with E-state index in [-0.39, 0.29) is 18.1 Å². The van der Waals surface area contributed by atoms with Gasteiger partial charge in [0.15, 0.2) is 5.16 Å². The van der Waals surface area contributed by atoms with E-state index in [4.69, 9.17) is 4.74 Å². The molecule has 1 aliphatic heterocycles. The molecule has 158 valence electrons. The highest BCUT2D eigenvalue weighted by molar-refractivity contribution is 7.98. The number of morpholine rings is 1. The van der Waals surface area contributed by atoms with Gasteiger partial charge >= 0.3 is 0 Å². The molecule has 0 aliphatic carbocycles. The fourth-order valence-corrected chi connectivity index (χ4v) is 4.64. The van der Waals surface area contributed by atoms with Crippen molar-refractivity contribution >= 4 is 28.7 Å². The minimum absolute atomic E-state index is 0.0270. The summed E-state index contributed by atoms with van der Waals surface area (Å²) in [4.78, 5) is 22.7. The first-order valence-electron chi connectivity index (χ1n) is 10.4. The van der Waals surface area contributed by atoms with Gasteiger partial charge in [-0.3, -0.25) is 9.69 Å². The third-order valence-electron chi connectivity index (χ3n) is 5.17. The number of carbonyl (C=O) groups is 1. The summed E-state index contributed by atoms with van der Waals surface area (Å²) < 4.78 is 5.75. The number of hydrogen-bond acceptors (Lipinski definition) is 5. The van der Waals surface area contributed by atoms with Crippen molar-refractivity contribution in [3.8, 4) is 0 Å². The molecule has 1 amide bonds. The van der Waals surface area contributed by atoms with E-state index in [1.165, 1.54) is 0 Å². The smallest absolute Gasteiger partial charge is 0.251 e. The number of nitrogens with one attached hydrogen (secondary N) is 2. The Morgan fingerprint density at radius 2 is 1.90 bits per heavy atom. The maximum atomic E-state index is 12.4. The molecule has 3 aromatic rings. The summed E-state index contributed by atoms with van der Waals surface area (Å²) >= 11 is 1.66. The Morgan fingerprint density at radius 1 is 1.17 bits per heavy atom. The number of aromatic amines is 1. The summed E-state index contributed by atoms with van der Waals surface area (Å²) in [6, 6.07) is 15.8. The van der Waals surface area contributed by atoms with Gasteiger partial charge in [0.1, 0.15) is 0 Å². The second-order valence-electron chi connectivity index (χ2n) is 7.82. The number of benzene rings is 2. The van der Waals surface area contributed by atoms with E-state index in [0.29, 0.717) is 12.1 Å². The number of H-pyrrole nitrogens is 1. The number of hydrogen-bond donors (Lipinski definition) is 2. The third-order valence-corrected chi connectivity index (χ3v) is 6.11. The van der Waals surface area contributed by atoms with Crippen LogP contribution < -0.4 is 5.32 Å². The van der Waals surface area contributed by atoms with Crippen LogP contribution in [0.25, 0.3) is 11.0 Å². The highest BCUT2D eigenvalue weighted by Crippen LogP contribution is 2.23. The molecule has 0 spiro atoms. The molecule has 2 N–H and O–H groups in total. The Balaban J connectivity index is 1.24. The van der Waals surface area contributed by atoms with Gasteiger partial charge in [-0.05, 0) is 43.7 Å². The van der Waals surface area contributed by atoms with Gasteiger partial charge in [0.05, 0.1) is 23.2 Å². The van der Waals surface area contributed by atoms with Crippen LogP contribution in [0, 0.1) is 0 Å². The second-order valence-corrected chi connectivity index (χ2v) is 8.78. The molecule has 1 aliphatic rings. The highest BCUT2D eigenvalue weighted by Gasteiger charge is 2.21. The van der Waals surface area contributed by atoms with Gasteiger partial charge in [-0.25, -0.2) is 4.98 Å². The van der Waals surface area contributed by atoms with E-state index < -0.39 is 0 Å². The average molecular weight is 425 g/mol. The first-order chi connectivity index (χ1) is 14.6. The van der Waals surface area contributed by atoms with Crippen LogP contribution in [-0.4, -0.2) is 59.2 Å². The number of amides is 1. The van der Waals surface area contributed by atoms with E-state index in [0.717, 1.165) is 47.1 Å². The predicted octanol–water partition coefficient (Wildman–Crippen LogP) is 3.69. The Morgan fingerprint density at radius 3 is 2.63 bits per heavy atom. The van der Waals surface area contributed by atoms with Crippen LogP contribution in [0.2, 0.25) is 0 Å². The molecule has 0 bridgehead atoms. The van der Waals surface area contributed by atoms with Crippen LogP contribution in [0.4, 0.5) is 0 Å². The number of thioether (sulfide) groups is 1. The molecule has 2 heterocycles. The number of aromatic nitrogens is 2. The lowest BCUT2D eigenvalue weighted by molar-refractivity contribution is -0.0672. The topological polar surface area (TPSA) is 70.2 Å². The van der Waals surface area contributed by atoms with Crippen molar-refractivity contribution in [3.63, 3.8) is 0 Å². The quantitative estimate of drug-likeness (QED) is 0.566. The van der Waals surface area contributed by atoms with E-state index in [1.54, 1.807) is 11.8 Å². The summed E-state index contributed by atoms with van der Waals surface area (Å²) in [5, 5.41) is 3.93. The number of fused-ring (bicyclic) bond motifs is 1. The van der Waals surface area contributed by atoms with Gasteiger partial charge in [0.2, 0.25) is 0 Å². The standard InChI is InChI=1S/C23H28N4O2S/c1-16-13-27(14-17(2)29-16)12-11-24-22(28)19-9-7-18(8-10-19)15-30-23-25-20-5-3-4-6-21(20)26-23/h3-10,16-17H,11-15H2,1-2H3,(H,24,28)(H,25,26)/t16-,17-/m1/s1. The Labute approximate surface area is 181 Å². The molecule has 2 atom stereocenters. The van der Waals surface area contributed by atoms with Crippen molar-refractivity contribution in [3.05, 3.63) is 59.7 Å². The molecule has 2 aromatic carbocycles. The number of nitrogens with zero attached hydrogens (tertiary/aromatic N) is 2. The molecule has 7 heteroatoms. The predicted molar refractivity (Wildman–Crippen MR) is 121 cm³/mol. The summed E-state index contributed by atoms with van der Waals surface area (Å²) in [6.45, 7) is 7.50. The zero-order valence-electron chi connectivity index (χ0n) is 17.4. The zero-order valence-corrected chi connectivity index (χ0v) is 18.2. The van der Waals surface area contributed by atoms with Gasteiger partial charge in [-0.2, -0.15) is 0 Å². The van der Waals surface area contributed by atoms with Crippen LogP contribution in [-0.2, 0) is 10.5 Å². The number of para-hydroxylation sites is 2. The SMILES string of the molecule is C[C@@H]1CN(CCNC(=O)c2ccc(CSc3nc4ccccc4[nH]3)cc2)C[C@@H](C)O1. The highest BCUT2D eigenvalue weighted by atomic mass is 32.2. The van der Waals surface area contributed by atoms with Crippen LogP contribution in [0.5, 0.6) is 0 Å². The molecular formula is C23H28N4O2S. The van der Waals surface area contributed by atoms with Gasteiger partial charge in [-0.15, -0.1) is 0 Å². The van der Waals surface area contributed by atoms with Crippen LogP contribution >= 0.6 is 11.8 Å². The van der Waals surface area contributed by atoms with Crippen molar-refractivity contribution < 1.29 is 9.53 Å². The van der Waals surface area contributed by atoms with Gasteiger partial charge in [-0.1, -0.05) is 36.0 Å². The first kappa shape index (κ1) is 20.9. The molecule has 0 unspecified atom stereocenters. The maximum Gasteiger partial charge on any atom is 0.251 e. The van der Waals surface area contributed by atoms with Crippen LogP contribution in [0.15, 0.2) is 53.7 Å². The van der Waals surface area contributed by atoms with Crippen LogP contribution in [0.3, 0.4) is 0 Å². The molecule has 1 fully saturated rings. The third kappa shape index (κ3) is 5.41.